The van der Waals surface area contributed by atoms with E-state index in [1.807, 2.05) is 6.92 Å². The number of nitrogens with one attached hydrogen (secondary N) is 1. The fourth-order valence-electron chi connectivity index (χ4n) is 3.62. The fourth-order valence-corrected chi connectivity index (χ4v) is 3.62. The number of piperidine rings is 1. The molecule has 4 heterocycles. The number of aromatic nitrogens is 3. The van der Waals surface area contributed by atoms with Crippen LogP contribution >= 0.6 is 0 Å². The molecule has 2 unspecified atom stereocenters. The van der Waals surface area contributed by atoms with E-state index in [-0.39, 0.29) is 29.0 Å². The van der Waals surface area contributed by atoms with Crippen LogP contribution in [-0.4, -0.2) is 45.2 Å². The van der Waals surface area contributed by atoms with Crippen LogP contribution in [0.25, 0.3) is 11.3 Å². The van der Waals surface area contributed by atoms with E-state index in [1.54, 1.807) is 12.3 Å². The molecule has 1 amide bonds. The molecule has 1 saturated heterocycles. The van der Waals surface area contributed by atoms with E-state index in [2.05, 4.69) is 25.2 Å². The molecule has 1 aliphatic rings. The smallest absolute Gasteiger partial charge is 0.274 e. The number of rotatable bonds is 4. The summed E-state index contributed by atoms with van der Waals surface area (Å²) in [6.07, 6.45) is 5.70. The average molecular weight is 425 g/mol. The molecule has 0 bridgehead atoms. The van der Waals surface area contributed by atoms with Crippen LogP contribution in [0.2, 0.25) is 0 Å². The van der Waals surface area contributed by atoms with Crippen molar-refractivity contribution in [3.63, 3.8) is 0 Å². The summed E-state index contributed by atoms with van der Waals surface area (Å²) >= 11 is 0. The number of pyridine rings is 3. The van der Waals surface area contributed by atoms with Crippen LogP contribution in [-0.2, 0) is 0 Å². The number of hydrogen-bond acceptors (Lipinski definition) is 6. The van der Waals surface area contributed by atoms with Gasteiger partial charge < -0.3 is 15.3 Å². The molecular weight excluding hydrogens is 404 g/mol. The van der Waals surface area contributed by atoms with Crippen LogP contribution in [0.3, 0.4) is 0 Å². The van der Waals surface area contributed by atoms with Crippen LogP contribution in [0, 0.1) is 17.6 Å². The van der Waals surface area contributed by atoms with Crippen molar-refractivity contribution in [2.45, 2.75) is 19.4 Å². The Morgan fingerprint density at radius 3 is 2.68 bits per heavy atom. The SMILES string of the molecule is CC1CN(c2ccncc2NC(=O)c2ccc(F)c(-c3ccncc3F)n2)CCC1O. The summed E-state index contributed by atoms with van der Waals surface area (Å²) in [5, 5.41) is 12.8. The molecule has 0 saturated carbocycles. The molecule has 0 aromatic carbocycles. The van der Waals surface area contributed by atoms with Crippen LogP contribution < -0.4 is 10.2 Å². The maximum atomic E-state index is 14.3. The van der Waals surface area contributed by atoms with Gasteiger partial charge in [-0.2, -0.15) is 0 Å². The third-order valence-electron chi connectivity index (χ3n) is 5.35. The molecule has 9 heteroatoms. The Morgan fingerprint density at radius 2 is 1.90 bits per heavy atom. The summed E-state index contributed by atoms with van der Waals surface area (Å²) in [4.78, 5) is 26.7. The van der Waals surface area contributed by atoms with Gasteiger partial charge >= 0.3 is 0 Å². The van der Waals surface area contributed by atoms with E-state index < -0.39 is 17.5 Å². The van der Waals surface area contributed by atoms with Crippen molar-refractivity contribution < 1.29 is 18.7 Å². The summed E-state index contributed by atoms with van der Waals surface area (Å²) < 4.78 is 28.3. The number of aliphatic hydroxyl groups excluding tert-OH is 1. The Hall–Kier alpha value is -3.46. The Balaban J connectivity index is 1.60. The number of carbonyl (C=O) groups excluding carboxylic acids is 1. The van der Waals surface area contributed by atoms with E-state index in [1.165, 1.54) is 24.5 Å². The molecule has 0 spiro atoms. The van der Waals surface area contributed by atoms with Crippen LogP contribution in [0.5, 0.6) is 0 Å². The molecule has 3 aromatic heterocycles. The maximum Gasteiger partial charge on any atom is 0.274 e. The van der Waals surface area contributed by atoms with Gasteiger partial charge in [0.2, 0.25) is 0 Å². The average Bonchev–Trinajstić information content (AvgIpc) is 2.77. The van der Waals surface area contributed by atoms with E-state index in [0.29, 0.717) is 25.2 Å². The van der Waals surface area contributed by atoms with Gasteiger partial charge in [-0.05, 0) is 36.6 Å². The van der Waals surface area contributed by atoms with Gasteiger partial charge in [0.05, 0.1) is 29.9 Å². The molecule has 3 aromatic rings. The van der Waals surface area contributed by atoms with Gasteiger partial charge in [0, 0.05) is 31.0 Å². The van der Waals surface area contributed by atoms with Crippen LogP contribution in [0.4, 0.5) is 20.2 Å². The van der Waals surface area contributed by atoms with Crippen molar-refractivity contribution >= 4 is 17.3 Å². The maximum absolute atomic E-state index is 14.3. The molecule has 1 fully saturated rings. The summed E-state index contributed by atoms with van der Waals surface area (Å²) in [5.74, 6) is -1.97. The third kappa shape index (κ3) is 4.36. The van der Waals surface area contributed by atoms with Gasteiger partial charge in [0.15, 0.2) is 5.82 Å². The van der Waals surface area contributed by atoms with Gasteiger partial charge in [-0.1, -0.05) is 6.92 Å². The first-order valence-electron chi connectivity index (χ1n) is 9.89. The minimum atomic E-state index is -0.746. The van der Waals surface area contributed by atoms with E-state index >= 15 is 0 Å². The second kappa shape index (κ2) is 8.73. The second-order valence-electron chi connectivity index (χ2n) is 7.51. The number of halogens is 2. The highest BCUT2D eigenvalue weighted by atomic mass is 19.1. The van der Waals surface area contributed by atoms with Gasteiger partial charge in [-0.25, -0.2) is 13.8 Å². The van der Waals surface area contributed by atoms with E-state index in [9.17, 15) is 18.7 Å². The molecule has 31 heavy (non-hydrogen) atoms. The molecule has 0 radical (unpaired) electrons. The number of carbonyl (C=O) groups is 1. The molecule has 2 N–H and O–H groups in total. The Morgan fingerprint density at radius 1 is 1.13 bits per heavy atom. The first-order chi connectivity index (χ1) is 14.9. The lowest BCUT2D eigenvalue weighted by Gasteiger charge is -2.36. The zero-order valence-corrected chi connectivity index (χ0v) is 16.8. The molecule has 1 aliphatic heterocycles. The van der Waals surface area contributed by atoms with Crippen molar-refractivity contribution in [3.05, 3.63) is 66.4 Å². The Labute approximate surface area is 177 Å². The number of amides is 1. The number of anilines is 2. The monoisotopic (exact) mass is 425 g/mol. The van der Waals surface area contributed by atoms with Crippen molar-refractivity contribution in [2.24, 2.45) is 5.92 Å². The summed E-state index contributed by atoms with van der Waals surface area (Å²) in [5.41, 5.74) is 0.830. The first kappa shape index (κ1) is 20.8. The normalized spacial score (nSPS) is 18.6. The van der Waals surface area contributed by atoms with Gasteiger partial charge in [0.25, 0.3) is 5.91 Å². The molecule has 2 atom stereocenters. The zero-order valence-electron chi connectivity index (χ0n) is 16.8. The number of hydrogen-bond donors (Lipinski definition) is 2. The Kier molecular flexibility index (Phi) is 5.85. The standard InChI is InChI=1S/C22H21F2N5O2/c1-13-12-29(9-6-20(13)30)19-5-8-26-11-18(19)28-22(31)17-3-2-15(23)21(27-17)14-4-7-25-10-16(14)24/h2-5,7-8,10-11,13,20,30H,6,9,12H2,1H3,(H,28,31). The zero-order chi connectivity index (χ0) is 22.0. The summed E-state index contributed by atoms with van der Waals surface area (Å²) in [6.45, 7) is 3.24. The predicted molar refractivity (Wildman–Crippen MR) is 112 cm³/mol. The molecule has 7 nitrogen and oxygen atoms in total. The van der Waals surface area contributed by atoms with Crippen molar-refractivity contribution in [1.29, 1.82) is 0 Å². The Bertz CT molecular complexity index is 1110. The first-order valence-corrected chi connectivity index (χ1v) is 9.89. The van der Waals surface area contributed by atoms with Gasteiger partial charge in [0.1, 0.15) is 17.2 Å². The number of nitrogens with zero attached hydrogens (tertiary/aromatic N) is 4. The summed E-state index contributed by atoms with van der Waals surface area (Å²) in [6, 6.07) is 5.40. The van der Waals surface area contributed by atoms with Crippen molar-refractivity contribution in [3.8, 4) is 11.3 Å². The highest BCUT2D eigenvalue weighted by molar-refractivity contribution is 6.04. The topological polar surface area (TPSA) is 91.2 Å². The van der Waals surface area contributed by atoms with Crippen molar-refractivity contribution in [2.75, 3.05) is 23.3 Å². The van der Waals surface area contributed by atoms with Gasteiger partial charge in [-0.15, -0.1) is 0 Å². The van der Waals surface area contributed by atoms with Crippen LogP contribution in [0.1, 0.15) is 23.8 Å². The second-order valence-corrected chi connectivity index (χ2v) is 7.51. The lowest BCUT2D eigenvalue weighted by atomic mass is 9.96. The highest BCUT2D eigenvalue weighted by Crippen LogP contribution is 2.30. The highest BCUT2D eigenvalue weighted by Gasteiger charge is 2.26. The largest absolute Gasteiger partial charge is 0.393 e. The van der Waals surface area contributed by atoms with Gasteiger partial charge in [-0.3, -0.25) is 14.8 Å². The molecule has 0 aliphatic carbocycles. The lowest BCUT2D eigenvalue weighted by molar-refractivity contribution is 0.0969. The number of aliphatic hydroxyl groups is 1. The lowest BCUT2D eigenvalue weighted by Crippen LogP contribution is -2.42. The fraction of sp³-hybridized carbons (Fsp3) is 0.273. The molecular formula is C22H21F2N5O2. The minimum Gasteiger partial charge on any atom is -0.393 e. The molecule has 4 rings (SSSR count). The predicted octanol–water partition coefficient (Wildman–Crippen LogP) is 3.28. The van der Waals surface area contributed by atoms with E-state index in [4.69, 9.17) is 0 Å². The summed E-state index contributed by atoms with van der Waals surface area (Å²) in [7, 11) is 0. The van der Waals surface area contributed by atoms with E-state index in [0.717, 1.165) is 18.0 Å². The molecule has 160 valence electrons. The minimum absolute atomic E-state index is 0.0650. The van der Waals surface area contributed by atoms with Crippen LogP contribution in [0.15, 0.2) is 49.1 Å². The third-order valence-corrected chi connectivity index (χ3v) is 5.35. The van der Waals surface area contributed by atoms with Crippen molar-refractivity contribution in [1.82, 2.24) is 15.0 Å². The quantitative estimate of drug-likeness (QED) is 0.667.